The zero-order valence-electron chi connectivity index (χ0n) is 19.4. The lowest BCUT2D eigenvalue weighted by atomic mass is 9.84. The first-order chi connectivity index (χ1) is 15.6. The van der Waals surface area contributed by atoms with Crippen molar-refractivity contribution < 1.29 is 14.3 Å². The van der Waals surface area contributed by atoms with Gasteiger partial charge in [-0.2, -0.15) is 0 Å². The molecule has 1 aromatic carbocycles. The van der Waals surface area contributed by atoms with E-state index in [9.17, 15) is 9.59 Å². The second kappa shape index (κ2) is 9.52. The number of carbonyl (C=O) groups is 2. The molecule has 6 heteroatoms. The Morgan fingerprint density at radius 2 is 1.56 bits per heavy atom. The molecule has 0 radical (unpaired) electrons. The zero-order valence-corrected chi connectivity index (χ0v) is 19.4. The maximum absolute atomic E-state index is 13.0. The number of hydrogen-bond acceptors (Lipinski definition) is 4. The van der Waals surface area contributed by atoms with Crippen molar-refractivity contribution >= 4 is 11.8 Å². The molecule has 4 saturated heterocycles. The number of hydrogen-bond donors (Lipinski definition) is 0. The van der Waals surface area contributed by atoms with E-state index in [4.69, 9.17) is 4.74 Å². The molecule has 0 bridgehead atoms. The van der Waals surface area contributed by atoms with E-state index in [0.717, 1.165) is 65.0 Å². The molecule has 0 spiro atoms. The Kier molecular flexibility index (Phi) is 6.51. The second-order valence-corrected chi connectivity index (χ2v) is 10.2. The SMILES string of the molecule is Cc1ccccc1CN1C[C@@H](CC(=O)N2CCCC2)[C@H]2[C@H](CC(=O)N3CCCC3)OC[C@H]21. The van der Waals surface area contributed by atoms with E-state index in [0.29, 0.717) is 31.4 Å². The Balaban J connectivity index is 1.32. The van der Waals surface area contributed by atoms with Crippen molar-refractivity contribution in [2.45, 2.75) is 64.1 Å². The molecule has 0 unspecified atom stereocenters. The molecule has 0 N–H and O–H groups in total. The molecule has 4 heterocycles. The molecule has 6 nitrogen and oxygen atoms in total. The molecular formula is C26H37N3O3. The van der Waals surface area contributed by atoms with Crippen LogP contribution >= 0.6 is 0 Å². The molecule has 0 aliphatic carbocycles. The summed E-state index contributed by atoms with van der Waals surface area (Å²) in [5.41, 5.74) is 2.65. The van der Waals surface area contributed by atoms with Crippen LogP contribution in [0.4, 0.5) is 0 Å². The summed E-state index contributed by atoms with van der Waals surface area (Å²) < 4.78 is 6.27. The van der Waals surface area contributed by atoms with Gasteiger partial charge in [0.25, 0.3) is 0 Å². The third-order valence-electron chi connectivity index (χ3n) is 8.20. The van der Waals surface area contributed by atoms with E-state index in [-0.39, 0.29) is 23.8 Å². The van der Waals surface area contributed by atoms with Gasteiger partial charge in [-0.05, 0) is 49.7 Å². The van der Waals surface area contributed by atoms with Crippen molar-refractivity contribution in [1.29, 1.82) is 0 Å². The predicted molar refractivity (Wildman–Crippen MR) is 123 cm³/mol. The van der Waals surface area contributed by atoms with Crippen LogP contribution in [0, 0.1) is 18.8 Å². The third kappa shape index (κ3) is 4.44. The molecular weight excluding hydrogens is 402 g/mol. The van der Waals surface area contributed by atoms with E-state index in [1.54, 1.807) is 0 Å². The fourth-order valence-corrected chi connectivity index (χ4v) is 6.39. The Morgan fingerprint density at radius 3 is 2.22 bits per heavy atom. The van der Waals surface area contributed by atoms with Gasteiger partial charge in [0.2, 0.25) is 11.8 Å². The van der Waals surface area contributed by atoms with Crippen LogP contribution in [0.2, 0.25) is 0 Å². The minimum atomic E-state index is -0.0636. The summed E-state index contributed by atoms with van der Waals surface area (Å²) in [5, 5.41) is 0. The van der Waals surface area contributed by atoms with Gasteiger partial charge in [0.1, 0.15) is 0 Å². The monoisotopic (exact) mass is 439 g/mol. The second-order valence-electron chi connectivity index (χ2n) is 10.2. The molecule has 4 aliphatic rings. The molecule has 4 atom stereocenters. The lowest BCUT2D eigenvalue weighted by Gasteiger charge is -2.26. The van der Waals surface area contributed by atoms with E-state index in [1.807, 2.05) is 9.80 Å². The van der Waals surface area contributed by atoms with Crippen LogP contribution < -0.4 is 0 Å². The van der Waals surface area contributed by atoms with Crippen LogP contribution in [-0.2, 0) is 20.9 Å². The van der Waals surface area contributed by atoms with Gasteiger partial charge in [-0.15, -0.1) is 0 Å². The van der Waals surface area contributed by atoms with Gasteiger partial charge in [0.05, 0.1) is 19.1 Å². The topological polar surface area (TPSA) is 53.1 Å². The summed E-state index contributed by atoms with van der Waals surface area (Å²) >= 11 is 0. The molecule has 4 fully saturated rings. The maximum Gasteiger partial charge on any atom is 0.225 e. The molecule has 174 valence electrons. The number of rotatable bonds is 6. The van der Waals surface area contributed by atoms with Crippen molar-refractivity contribution in [1.82, 2.24) is 14.7 Å². The summed E-state index contributed by atoms with van der Waals surface area (Å²) in [5.74, 6) is 1.05. The van der Waals surface area contributed by atoms with Gasteiger partial charge < -0.3 is 14.5 Å². The number of fused-ring (bicyclic) bond motifs is 1. The summed E-state index contributed by atoms with van der Waals surface area (Å²) in [7, 11) is 0. The molecule has 4 aliphatic heterocycles. The number of aryl methyl sites for hydroxylation is 1. The maximum atomic E-state index is 13.0. The molecule has 32 heavy (non-hydrogen) atoms. The number of ether oxygens (including phenoxy) is 1. The Hall–Kier alpha value is -1.92. The van der Waals surface area contributed by atoms with Crippen LogP contribution in [-0.4, -0.2) is 78.0 Å². The van der Waals surface area contributed by atoms with E-state index in [1.165, 1.54) is 11.1 Å². The molecule has 0 aromatic heterocycles. The van der Waals surface area contributed by atoms with Gasteiger partial charge in [0, 0.05) is 57.6 Å². The largest absolute Gasteiger partial charge is 0.376 e. The average molecular weight is 440 g/mol. The van der Waals surface area contributed by atoms with Gasteiger partial charge in [-0.1, -0.05) is 24.3 Å². The number of carbonyl (C=O) groups excluding carboxylic acids is 2. The minimum absolute atomic E-state index is 0.0636. The van der Waals surface area contributed by atoms with Crippen molar-refractivity contribution in [3.8, 4) is 0 Å². The lowest BCUT2D eigenvalue weighted by molar-refractivity contribution is -0.133. The summed E-state index contributed by atoms with van der Waals surface area (Å²) in [6.07, 6.45) is 5.46. The van der Waals surface area contributed by atoms with Gasteiger partial charge >= 0.3 is 0 Å². The van der Waals surface area contributed by atoms with Gasteiger partial charge in [-0.25, -0.2) is 0 Å². The van der Waals surface area contributed by atoms with Crippen molar-refractivity contribution in [2.24, 2.45) is 11.8 Å². The van der Waals surface area contributed by atoms with Crippen molar-refractivity contribution in [3.63, 3.8) is 0 Å². The van der Waals surface area contributed by atoms with Crippen LogP contribution in [0.5, 0.6) is 0 Å². The Morgan fingerprint density at radius 1 is 0.938 bits per heavy atom. The Labute approximate surface area is 191 Å². The van der Waals surface area contributed by atoms with E-state index < -0.39 is 0 Å². The van der Waals surface area contributed by atoms with Crippen LogP contribution in [0.3, 0.4) is 0 Å². The fourth-order valence-electron chi connectivity index (χ4n) is 6.39. The minimum Gasteiger partial charge on any atom is -0.376 e. The zero-order chi connectivity index (χ0) is 22.1. The van der Waals surface area contributed by atoms with Crippen LogP contribution in [0.1, 0.15) is 49.7 Å². The van der Waals surface area contributed by atoms with E-state index in [2.05, 4.69) is 36.1 Å². The highest BCUT2D eigenvalue weighted by Crippen LogP contribution is 2.43. The summed E-state index contributed by atoms with van der Waals surface area (Å²) in [6.45, 7) is 8.22. The smallest absolute Gasteiger partial charge is 0.225 e. The third-order valence-corrected chi connectivity index (χ3v) is 8.20. The predicted octanol–water partition coefficient (Wildman–Crippen LogP) is 2.84. The summed E-state index contributed by atoms with van der Waals surface area (Å²) in [4.78, 5) is 32.5. The molecule has 1 aromatic rings. The molecule has 2 amide bonds. The standard InChI is InChI=1S/C26H37N3O3/c1-19-8-2-3-9-20(19)16-29-17-21(14-24(30)27-10-4-5-11-27)26-22(29)18-32-23(26)15-25(31)28-12-6-7-13-28/h2-3,8-9,21-23,26H,4-7,10-18H2,1H3/t21-,22-,23+,26-/m1/s1. The summed E-state index contributed by atoms with van der Waals surface area (Å²) in [6, 6.07) is 8.86. The van der Waals surface area contributed by atoms with Crippen molar-refractivity contribution in [2.75, 3.05) is 39.3 Å². The van der Waals surface area contributed by atoms with Crippen LogP contribution in [0.15, 0.2) is 24.3 Å². The first-order valence-corrected chi connectivity index (χ1v) is 12.6. The highest BCUT2D eigenvalue weighted by atomic mass is 16.5. The average Bonchev–Trinajstić information content (AvgIpc) is 3.58. The number of amides is 2. The van der Waals surface area contributed by atoms with Gasteiger partial charge in [-0.3, -0.25) is 14.5 Å². The number of benzene rings is 1. The van der Waals surface area contributed by atoms with Gasteiger partial charge in [0.15, 0.2) is 0 Å². The quantitative estimate of drug-likeness (QED) is 0.684. The normalized spacial score (nSPS) is 30.3. The number of nitrogens with zero attached hydrogens (tertiary/aromatic N) is 3. The lowest BCUT2D eigenvalue weighted by Crippen LogP contribution is -2.37. The molecule has 0 saturated carbocycles. The van der Waals surface area contributed by atoms with Crippen molar-refractivity contribution in [3.05, 3.63) is 35.4 Å². The molecule has 5 rings (SSSR count). The van der Waals surface area contributed by atoms with E-state index >= 15 is 0 Å². The Bertz CT molecular complexity index is 831. The highest BCUT2D eigenvalue weighted by molar-refractivity contribution is 5.78. The first kappa shape index (κ1) is 21.9. The fraction of sp³-hybridized carbons (Fsp3) is 0.692. The number of likely N-dealkylation sites (tertiary alicyclic amines) is 3. The highest BCUT2D eigenvalue weighted by Gasteiger charge is 2.51. The van der Waals surface area contributed by atoms with Crippen LogP contribution in [0.25, 0.3) is 0 Å². The first-order valence-electron chi connectivity index (χ1n) is 12.6.